The molecular formula is C9H10O5S. The van der Waals surface area contributed by atoms with Gasteiger partial charge in [0, 0.05) is 0 Å². The van der Waals surface area contributed by atoms with Gasteiger partial charge < -0.3 is 10.2 Å². The Morgan fingerprint density at radius 2 is 1.73 bits per heavy atom. The van der Waals surface area contributed by atoms with Gasteiger partial charge in [-0.2, -0.15) is 0 Å². The highest BCUT2D eigenvalue weighted by Crippen LogP contribution is 2.12. The van der Waals surface area contributed by atoms with Crippen LogP contribution in [0.5, 0.6) is 5.75 Å². The molecule has 0 radical (unpaired) electrons. The number of benzene rings is 1. The van der Waals surface area contributed by atoms with Crippen molar-refractivity contribution in [2.45, 2.75) is 5.75 Å². The topological polar surface area (TPSA) is 91.7 Å². The maximum Gasteiger partial charge on any atom is 0.318 e. The van der Waals surface area contributed by atoms with Gasteiger partial charge in [0.25, 0.3) is 0 Å². The summed E-state index contributed by atoms with van der Waals surface area (Å²) in [5, 5.41) is 17.3. The second-order valence-corrected chi connectivity index (χ2v) is 5.16. The summed E-state index contributed by atoms with van der Waals surface area (Å²) in [6, 6.07) is 5.58. The van der Waals surface area contributed by atoms with Gasteiger partial charge in [-0.15, -0.1) is 0 Å². The van der Waals surface area contributed by atoms with Crippen molar-refractivity contribution in [3.8, 4) is 5.75 Å². The quantitative estimate of drug-likeness (QED) is 0.780. The Hall–Kier alpha value is -1.56. The van der Waals surface area contributed by atoms with Crippen molar-refractivity contribution in [3.63, 3.8) is 0 Å². The number of phenols is 1. The van der Waals surface area contributed by atoms with Crippen LogP contribution >= 0.6 is 0 Å². The molecule has 0 aliphatic carbocycles. The van der Waals surface area contributed by atoms with Gasteiger partial charge in [0.05, 0.1) is 5.75 Å². The minimum absolute atomic E-state index is 0.0365. The van der Waals surface area contributed by atoms with Crippen LogP contribution < -0.4 is 0 Å². The van der Waals surface area contributed by atoms with Crippen LogP contribution in [0, 0.1) is 0 Å². The van der Waals surface area contributed by atoms with E-state index in [1.54, 1.807) is 0 Å². The molecule has 0 aromatic heterocycles. The number of phenolic OH excluding ortho intramolecular Hbond substituents is 1. The van der Waals surface area contributed by atoms with E-state index in [1.807, 2.05) is 0 Å². The van der Waals surface area contributed by atoms with E-state index in [0.717, 1.165) is 0 Å². The predicted molar refractivity (Wildman–Crippen MR) is 53.2 cm³/mol. The lowest BCUT2D eigenvalue weighted by molar-refractivity contribution is -0.134. The van der Waals surface area contributed by atoms with Crippen molar-refractivity contribution in [2.75, 3.05) is 5.75 Å². The molecule has 0 saturated heterocycles. The molecule has 0 aliphatic heterocycles. The number of carbonyl (C=O) groups is 1. The van der Waals surface area contributed by atoms with Gasteiger partial charge in [-0.25, -0.2) is 8.42 Å². The Balaban J connectivity index is 2.78. The molecule has 1 aromatic rings. The molecular weight excluding hydrogens is 220 g/mol. The van der Waals surface area contributed by atoms with E-state index in [4.69, 9.17) is 10.2 Å². The van der Waals surface area contributed by atoms with Crippen molar-refractivity contribution in [1.29, 1.82) is 0 Å². The number of rotatable bonds is 4. The normalized spacial score (nSPS) is 11.2. The van der Waals surface area contributed by atoms with Gasteiger partial charge in [-0.05, 0) is 17.7 Å². The molecule has 0 amide bonds. The third kappa shape index (κ3) is 3.99. The maximum absolute atomic E-state index is 11.3. The highest BCUT2D eigenvalue weighted by Gasteiger charge is 2.16. The van der Waals surface area contributed by atoms with E-state index in [2.05, 4.69) is 0 Å². The van der Waals surface area contributed by atoms with E-state index in [0.29, 0.717) is 5.56 Å². The first-order chi connectivity index (χ1) is 6.89. The zero-order valence-corrected chi connectivity index (χ0v) is 8.57. The molecule has 0 bridgehead atoms. The Kier molecular flexibility index (Phi) is 3.31. The van der Waals surface area contributed by atoms with E-state index in [1.165, 1.54) is 24.3 Å². The second kappa shape index (κ2) is 4.31. The van der Waals surface area contributed by atoms with Crippen LogP contribution in [-0.2, 0) is 20.4 Å². The monoisotopic (exact) mass is 230 g/mol. The highest BCUT2D eigenvalue weighted by atomic mass is 32.2. The van der Waals surface area contributed by atoms with Gasteiger partial charge in [0.1, 0.15) is 11.5 Å². The van der Waals surface area contributed by atoms with Crippen LogP contribution in [0.15, 0.2) is 24.3 Å². The SMILES string of the molecule is O=C(O)CS(=O)(=O)Cc1ccc(O)cc1. The zero-order valence-electron chi connectivity index (χ0n) is 7.75. The minimum Gasteiger partial charge on any atom is -0.508 e. The standard InChI is InChI=1S/C9H10O5S/c10-8-3-1-7(2-4-8)5-15(13,14)6-9(11)12/h1-4,10H,5-6H2,(H,11,12). The molecule has 0 atom stereocenters. The molecule has 1 aromatic carbocycles. The molecule has 1 rings (SSSR count). The summed E-state index contributed by atoms with van der Waals surface area (Å²) < 4.78 is 22.5. The first-order valence-electron chi connectivity index (χ1n) is 4.09. The molecule has 0 saturated carbocycles. The van der Waals surface area contributed by atoms with E-state index >= 15 is 0 Å². The number of hydrogen-bond acceptors (Lipinski definition) is 4. The molecule has 0 aliphatic rings. The van der Waals surface area contributed by atoms with Crippen molar-refractivity contribution in [2.24, 2.45) is 0 Å². The van der Waals surface area contributed by atoms with Crippen LogP contribution in [-0.4, -0.2) is 30.4 Å². The summed E-state index contributed by atoms with van der Waals surface area (Å²) in [7, 11) is -3.63. The summed E-state index contributed by atoms with van der Waals surface area (Å²) in [5.41, 5.74) is 0.453. The third-order valence-corrected chi connectivity index (χ3v) is 3.13. The lowest BCUT2D eigenvalue weighted by Crippen LogP contribution is -2.16. The smallest absolute Gasteiger partial charge is 0.318 e. The number of carboxylic acids is 1. The summed E-state index contributed by atoms with van der Waals surface area (Å²) >= 11 is 0. The number of hydrogen-bond donors (Lipinski definition) is 2. The average Bonchev–Trinajstić information content (AvgIpc) is 2.06. The first kappa shape index (κ1) is 11.5. The van der Waals surface area contributed by atoms with E-state index < -0.39 is 21.6 Å². The average molecular weight is 230 g/mol. The fourth-order valence-electron chi connectivity index (χ4n) is 1.09. The predicted octanol–water partition coefficient (Wildman–Crippen LogP) is 0.392. The largest absolute Gasteiger partial charge is 0.508 e. The number of aliphatic carboxylic acids is 1. The third-order valence-electron chi connectivity index (χ3n) is 1.67. The van der Waals surface area contributed by atoms with Crippen molar-refractivity contribution in [1.82, 2.24) is 0 Å². The molecule has 5 nitrogen and oxygen atoms in total. The van der Waals surface area contributed by atoms with Gasteiger partial charge in [0.2, 0.25) is 0 Å². The number of sulfone groups is 1. The summed E-state index contributed by atoms with van der Waals surface area (Å²) in [4.78, 5) is 10.2. The van der Waals surface area contributed by atoms with Crippen LogP contribution in [0.25, 0.3) is 0 Å². The lowest BCUT2D eigenvalue weighted by atomic mass is 10.2. The zero-order chi connectivity index (χ0) is 11.5. The molecule has 82 valence electrons. The lowest BCUT2D eigenvalue weighted by Gasteiger charge is -2.01. The Labute approximate surface area is 86.9 Å². The fourth-order valence-corrected chi connectivity index (χ4v) is 2.26. The summed E-state index contributed by atoms with van der Waals surface area (Å²) in [5.74, 6) is -2.55. The van der Waals surface area contributed by atoms with Crippen LogP contribution in [0.1, 0.15) is 5.56 Å². The summed E-state index contributed by atoms with van der Waals surface area (Å²) in [6.45, 7) is 0. The van der Waals surface area contributed by atoms with Gasteiger partial charge in [-0.1, -0.05) is 12.1 Å². The summed E-state index contributed by atoms with van der Waals surface area (Å²) in [6.07, 6.45) is 0. The van der Waals surface area contributed by atoms with Crippen molar-refractivity contribution >= 4 is 15.8 Å². The van der Waals surface area contributed by atoms with Gasteiger partial charge in [0.15, 0.2) is 9.84 Å². The Morgan fingerprint density at radius 1 is 1.20 bits per heavy atom. The minimum atomic E-state index is -3.63. The van der Waals surface area contributed by atoms with Crippen LogP contribution in [0.4, 0.5) is 0 Å². The molecule has 0 fully saturated rings. The van der Waals surface area contributed by atoms with Crippen LogP contribution in [0.2, 0.25) is 0 Å². The van der Waals surface area contributed by atoms with E-state index in [-0.39, 0.29) is 11.5 Å². The molecule has 0 spiro atoms. The first-order valence-corrected chi connectivity index (χ1v) is 5.91. The Morgan fingerprint density at radius 3 is 2.20 bits per heavy atom. The molecule has 2 N–H and O–H groups in total. The molecule has 15 heavy (non-hydrogen) atoms. The highest BCUT2D eigenvalue weighted by molar-refractivity contribution is 7.91. The second-order valence-electron chi connectivity index (χ2n) is 3.09. The number of carboxylic acid groups (broad SMARTS) is 1. The van der Waals surface area contributed by atoms with Crippen molar-refractivity contribution < 1.29 is 23.4 Å². The van der Waals surface area contributed by atoms with E-state index in [9.17, 15) is 13.2 Å². The molecule has 6 heteroatoms. The van der Waals surface area contributed by atoms with Crippen molar-refractivity contribution in [3.05, 3.63) is 29.8 Å². The van der Waals surface area contributed by atoms with Gasteiger partial charge >= 0.3 is 5.97 Å². The van der Waals surface area contributed by atoms with Crippen LogP contribution in [0.3, 0.4) is 0 Å². The Bertz CT molecular complexity index is 446. The molecule has 0 unspecified atom stereocenters. The maximum atomic E-state index is 11.3. The fraction of sp³-hybridized carbons (Fsp3) is 0.222. The van der Waals surface area contributed by atoms with Gasteiger partial charge in [-0.3, -0.25) is 4.79 Å². The number of aromatic hydroxyl groups is 1. The molecule has 0 heterocycles.